The summed E-state index contributed by atoms with van der Waals surface area (Å²) >= 11 is 1.87. The van der Waals surface area contributed by atoms with Gasteiger partial charge in [0, 0.05) is 17.8 Å². The number of urea groups is 1. The summed E-state index contributed by atoms with van der Waals surface area (Å²) in [6.45, 7) is 0. The third kappa shape index (κ3) is 3.80. The zero-order valence-corrected chi connectivity index (χ0v) is 11.2. The summed E-state index contributed by atoms with van der Waals surface area (Å²) in [5, 5.41) is 14.8. The van der Waals surface area contributed by atoms with Crippen LogP contribution in [-0.4, -0.2) is 40.7 Å². The average Bonchev–Trinajstić information content (AvgIpc) is 2.82. The number of thioether (sulfide) groups is 1. The number of hydrogen-bond acceptors (Lipinski definition) is 3. The monoisotopic (exact) mass is 272 g/mol. The molecule has 6 heteroatoms. The molecule has 1 heterocycles. The van der Waals surface area contributed by atoms with Crippen molar-refractivity contribution in [3.63, 3.8) is 0 Å². The number of amides is 2. The Hall–Kier alpha value is -0.910. The van der Waals surface area contributed by atoms with Gasteiger partial charge in [0.2, 0.25) is 0 Å². The summed E-state index contributed by atoms with van der Waals surface area (Å²) in [4.78, 5) is 22.5. The molecule has 1 unspecified atom stereocenters. The van der Waals surface area contributed by atoms with Gasteiger partial charge in [0.1, 0.15) is 0 Å². The van der Waals surface area contributed by atoms with E-state index in [-0.39, 0.29) is 18.0 Å². The molecule has 5 nitrogen and oxygen atoms in total. The Kier molecular flexibility index (Phi) is 4.74. The summed E-state index contributed by atoms with van der Waals surface area (Å²) in [6, 6.07) is 0.335. The molecule has 0 aromatic carbocycles. The third-order valence-corrected chi connectivity index (χ3v) is 4.84. The number of carbonyl (C=O) groups is 2. The topological polar surface area (TPSA) is 78.4 Å². The molecular formula is C12H20N2O3S. The lowest BCUT2D eigenvalue weighted by molar-refractivity contribution is -0.142. The zero-order valence-electron chi connectivity index (χ0n) is 10.4. The van der Waals surface area contributed by atoms with E-state index in [4.69, 9.17) is 5.11 Å². The van der Waals surface area contributed by atoms with E-state index in [1.807, 2.05) is 11.8 Å². The van der Waals surface area contributed by atoms with Crippen molar-refractivity contribution in [1.29, 1.82) is 0 Å². The van der Waals surface area contributed by atoms with Gasteiger partial charge in [0.05, 0.1) is 5.92 Å². The van der Waals surface area contributed by atoms with E-state index < -0.39 is 5.97 Å². The van der Waals surface area contributed by atoms with Crippen LogP contribution in [0.2, 0.25) is 0 Å². The van der Waals surface area contributed by atoms with Crippen LogP contribution < -0.4 is 10.6 Å². The lowest BCUT2D eigenvalue weighted by Gasteiger charge is -2.27. The van der Waals surface area contributed by atoms with E-state index in [2.05, 4.69) is 10.6 Å². The number of carboxylic acid groups (broad SMARTS) is 1. The lowest BCUT2D eigenvalue weighted by Crippen LogP contribution is -2.47. The molecule has 3 N–H and O–H groups in total. The molecule has 0 aromatic rings. The molecule has 1 aliphatic carbocycles. The second-order valence-electron chi connectivity index (χ2n) is 5.07. The molecule has 2 rings (SSSR count). The van der Waals surface area contributed by atoms with Gasteiger partial charge >= 0.3 is 12.0 Å². The van der Waals surface area contributed by atoms with Gasteiger partial charge in [0.25, 0.3) is 0 Å². The Balaban J connectivity index is 1.67. The Morgan fingerprint density at radius 2 is 1.67 bits per heavy atom. The highest BCUT2D eigenvalue weighted by Crippen LogP contribution is 2.24. The Morgan fingerprint density at radius 1 is 1.00 bits per heavy atom. The highest BCUT2D eigenvalue weighted by molar-refractivity contribution is 7.99. The van der Waals surface area contributed by atoms with Crippen LogP contribution in [0.3, 0.4) is 0 Å². The Labute approximate surface area is 111 Å². The highest BCUT2D eigenvalue weighted by Gasteiger charge is 2.27. The van der Waals surface area contributed by atoms with Crippen LogP contribution in [0.15, 0.2) is 0 Å². The van der Waals surface area contributed by atoms with Crippen LogP contribution in [0.4, 0.5) is 4.79 Å². The second kappa shape index (κ2) is 6.31. The lowest BCUT2D eigenvalue weighted by atomic mass is 9.86. The van der Waals surface area contributed by atoms with Crippen LogP contribution in [-0.2, 0) is 4.79 Å². The predicted octanol–water partition coefficient (Wildman–Crippen LogP) is 1.43. The smallest absolute Gasteiger partial charge is 0.315 e. The van der Waals surface area contributed by atoms with E-state index in [0.717, 1.165) is 30.8 Å². The molecule has 102 valence electrons. The standard InChI is InChI=1S/C12H20N2O3S/c15-11(16)8-1-3-9(4-2-8)13-12(17)14-10-5-6-18-7-10/h8-10H,1-7H2,(H,15,16)(H2,13,14,17). The Bertz CT molecular complexity index is 310. The fraction of sp³-hybridized carbons (Fsp3) is 0.833. The molecule has 2 amide bonds. The SMILES string of the molecule is O=C(NC1CCC(C(=O)O)CC1)NC1CCSC1. The first kappa shape index (κ1) is 13.5. The maximum absolute atomic E-state index is 11.7. The van der Waals surface area contributed by atoms with Crippen molar-refractivity contribution in [2.75, 3.05) is 11.5 Å². The van der Waals surface area contributed by atoms with Gasteiger partial charge in [-0.15, -0.1) is 0 Å². The Morgan fingerprint density at radius 3 is 2.22 bits per heavy atom. The van der Waals surface area contributed by atoms with Crippen molar-refractivity contribution >= 4 is 23.8 Å². The van der Waals surface area contributed by atoms with Crippen molar-refractivity contribution in [1.82, 2.24) is 10.6 Å². The first-order chi connectivity index (χ1) is 8.65. The van der Waals surface area contributed by atoms with Crippen LogP contribution in [0.1, 0.15) is 32.1 Å². The van der Waals surface area contributed by atoms with E-state index >= 15 is 0 Å². The maximum atomic E-state index is 11.7. The fourth-order valence-electron chi connectivity index (χ4n) is 2.55. The molecule has 1 aliphatic heterocycles. The number of aliphatic carboxylic acids is 1. The van der Waals surface area contributed by atoms with Gasteiger partial charge in [-0.25, -0.2) is 4.79 Å². The summed E-state index contributed by atoms with van der Waals surface area (Å²) in [7, 11) is 0. The minimum atomic E-state index is -0.708. The predicted molar refractivity (Wildman–Crippen MR) is 70.8 cm³/mol. The van der Waals surface area contributed by atoms with Crippen molar-refractivity contribution in [2.24, 2.45) is 5.92 Å². The van der Waals surface area contributed by atoms with Crippen molar-refractivity contribution < 1.29 is 14.7 Å². The van der Waals surface area contributed by atoms with Crippen molar-refractivity contribution in [3.05, 3.63) is 0 Å². The van der Waals surface area contributed by atoms with Crippen LogP contribution in [0, 0.1) is 5.92 Å². The molecule has 0 aromatic heterocycles. The van der Waals surface area contributed by atoms with Crippen LogP contribution in [0.25, 0.3) is 0 Å². The molecule has 1 saturated carbocycles. The number of hydrogen-bond donors (Lipinski definition) is 3. The molecule has 1 atom stereocenters. The molecule has 0 spiro atoms. The minimum Gasteiger partial charge on any atom is -0.481 e. The van der Waals surface area contributed by atoms with E-state index in [1.165, 1.54) is 0 Å². The van der Waals surface area contributed by atoms with Crippen molar-refractivity contribution in [3.8, 4) is 0 Å². The fourth-order valence-corrected chi connectivity index (χ4v) is 3.70. The normalized spacial score (nSPS) is 31.9. The molecule has 2 aliphatic rings. The van der Waals surface area contributed by atoms with Gasteiger partial charge < -0.3 is 15.7 Å². The number of rotatable bonds is 3. The van der Waals surface area contributed by atoms with Gasteiger partial charge in [-0.05, 0) is 37.9 Å². The van der Waals surface area contributed by atoms with Gasteiger partial charge in [0.15, 0.2) is 0 Å². The van der Waals surface area contributed by atoms with E-state index in [0.29, 0.717) is 18.9 Å². The first-order valence-corrected chi connectivity index (χ1v) is 7.68. The van der Waals surface area contributed by atoms with Crippen molar-refractivity contribution in [2.45, 2.75) is 44.2 Å². The molecule has 0 bridgehead atoms. The van der Waals surface area contributed by atoms with E-state index in [9.17, 15) is 9.59 Å². The number of nitrogens with one attached hydrogen (secondary N) is 2. The molecule has 2 fully saturated rings. The summed E-state index contributed by atoms with van der Waals surface area (Å²) in [5.41, 5.74) is 0. The summed E-state index contributed by atoms with van der Waals surface area (Å²) < 4.78 is 0. The molecule has 1 saturated heterocycles. The highest BCUT2D eigenvalue weighted by atomic mass is 32.2. The minimum absolute atomic E-state index is 0.0960. The number of carboxylic acids is 1. The quantitative estimate of drug-likeness (QED) is 0.726. The first-order valence-electron chi connectivity index (χ1n) is 6.52. The largest absolute Gasteiger partial charge is 0.481 e. The zero-order chi connectivity index (χ0) is 13.0. The van der Waals surface area contributed by atoms with Gasteiger partial charge in [-0.2, -0.15) is 11.8 Å². The van der Waals surface area contributed by atoms with Gasteiger partial charge in [-0.1, -0.05) is 0 Å². The van der Waals surface area contributed by atoms with Crippen LogP contribution >= 0.6 is 11.8 Å². The second-order valence-corrected chi connectivity index (χ2v) is 6.21. The van der Waals surface area contributed by atoms with E-state index in [1.54, 1.807) is 0 Å². The molecule has 18 heavy (non-hydrogen) atoms. The summed E-state index contributed by atoms with van der Waals surface area (Å²) in [5.74, 6) is 1.19. The summed E-state index contributed by atoms with van der Waals surface area (Å²) in [6.07, 6.45) is 3.91. The number of carbonyl (C=O) groups excluding carboxylic acids is 1. The maximum Gasteiger partial charge on any atom is 0.315 e. The van der Waals surface area contributed by atoms with Crippen LogP contribution in [0.5, 0.6) is 0 Å². The van der Waals surface area contributed by atoms with Gasteiger partial charge in [-0.3, -0.25) is 4.79 Å². The average molecular weight is 272 g/mol. The third-order valence-electron chi connectivity index (χ3n) is 3.68. The molecular weight excluding hydrogens is 252 g/mol. The molecule has 0 radical (unpaired) electrons.